The molecule has 1 atom stereocenters. The van der Waals surface area contributed by atoms with Gasteiger partial charge >= 0.3 is 5.97 Å². The largest absolute Gasteiger partial charge is 0.464 e. The number of esters is 1. The van der Waals surface area contributed by atoms with Crippen molar-refractivity contribution in [1.82, 2.24) is 15.1 Å². The van der Waals surface area contributed by atoms with Crippen molar-refractivity contribution in [3.63, 3.8) is 0 Å². The Morgan fingerprint density at radius 1 is 1.52 bits per heavy atom. The van der Waals surface area contributed by atoms with Gasteiger partial charge in [-0.1, -0.05) is 0 Å². The number of rotatable bonds is 8. The number of nitrogens with one attached hydrogen (secondary N) is 1. The summed E-state index contributed by atoms with van der Waals surface area (Å²) in [5, 5.41) is 6.28. The lowest BCUT2D eigenvalue weighted by Crippen LogP contribution is -2.44. The fourth-order valence-electron chi connectivity index (χ4n) is 2.19. The second kappa shape index (κ2) is 7.76. The highest BCUT2D eigenvalue weighted by Crippen LogP contribution is 2.41. The Morgan fingerprint density at radius 2 is 2.22 bits per heavy atom. The van der Waals surface area contributed by atoms with Gasteiger partial charge in [-0.25, -0.2) is 13.6 Å². The Morgan fingerprint density at radius 3 is 2.74 bits per heavy atom. The summed E-state index contributed by atoms with van der Waals surface area (Å²) >= 11 is 4.01. The first kappa shape index (κ1) is 17.7. The molecule has 1 heterocycles. The van der Waals surface area contributed by atoms with Gasteiger partial charge in [-0.2, -0.15) is 17.7 Å². The van der Waals surface area contributed by atoms with Gasteiger partial charge < -0.3 is 10.1 Å². The Labute approximate surface area is 138 Å². The number of ether oxygens (including phenoxy) is 1. The third kappa shape index (κ3) is 4.66. The van der Waals surface area contributed by atoms with Crippen molar-refractivity contribution in [2.75, 3.05) is 12.4 Å². The number of hydrogen-bond donors (Lipinski definition) is 2. The molecule has 23 heavy (non-hydrogen) atoms. The quantitative estimate of drug-likeness (QED) is 0.554. The second-order valence-corrected chi connectivity index (χ2v) is 5.65. The normalized spacial score (nSPS) is 15.5. The highest BCUT2D eigenvalue weighted by Gasteiger charge is 2.30. The Balaban J connectivity index is 2.03. The lowest BCUT2D eigenvalue weighted by molar-refractivity contribution is -0.146. The average Bonchev–Trinajstić information content (AvgIpc) is 3.26. The van der Waals surface area contributed by atoms with Gasteiger partial charge in [0, 0.05) is 17.4 Å². The number of alkyl halides is 2. The van der Waals surface area contributed by atoms with Gasteiger partial charge in [0.2, 0.25) is 5.91 Å². The molecule has 0 radical (unpaired) electrons. The molecular formula is C14H19F2N3O3S. The summed E-state index contributed by atoms with van der Waals surface area (Å²) < 4.78 is 31.7. The van der Waals surface area contributed by atoms with Crippen molar-refractivity contribution >= 4 is 24.5 Å². The van der Waals surface area contributed by atoms with Crippen molar-refractivity contribution in [1.29, 1.82) is 0 Å². The van der Waals surface area contributed by atoms with E-state index in [-0.39, 0.29) is 30.5 Å². The molecule has 1 amide bonds. The number of amides is 1. The van der Waals surface area contributed by atoms with Crippen LogP contribution >= 0.6 is 12.6 Å². The zero-order valence-corrected chi connectivity index (χ0v) is 13.6. The average molecular weight is 347 g/mol. The first-order chi connectivity index (χ1) is 11.0. The van der Waals surface area contributed by atoms with Crippen LogP contribution in [0.1, 0.15) is 43.5 Å². The SMILES string of the molecule is CCOC(=O)[C@H](CS)NC(=O)Cn1nc(C(F)F)cc1C1CC1. The van der Waals surface area contributed by atoms with Crippen molar-refractivity contribution in [3.8, 4) is 0 Å². The highest BCUT2D eigenvalue weighted by atomic mass is 32.1. The third-order valence-corrected chi connectivity index (χ3v) is 3.80. The van der Waals surface area contributed by atoms with Crippen LogP contribution in [-0.2, 0) is 20.9 Å². The molecule has 0 spiro atoms. The van der Waals surface area contributed by atoms with Crippen LogP contribution in [0.15, 0.2) is 6.07 Å². The Kier molecular flexibility index (Phi) is 5.97. The number of aromatic nitrogens is 2. The first-order valence-electron chi connectivity index (χ1n) is 7.38. The number of halogens is 2. The summed E-state index contributed by atoms with van der Waals surface area (Å²) in [6, 6.07) is 0.470. The van der Waals surface area contributed by atoms with E-state index in [1.54, 1.807) is 6.92 Å². The van der Waals surface area contributed by atoms with E-state index in [1.165, 1.54) is 10.7 Å². The van der Waals surface area contributed by atoms with Gasteiger partial charge in [-0.05, 0) is 25.8 Å². The van der Waals surface area contributed by atoms with Crippen LogP contribution in [-0.4, -0.2) is 40.1 Å². The van der Waals surface area contributed by atoms with Crippen LogP contribution in [0.3, 0.4) is 0 Å². The smallest absolute Gasteiger partial charge is 0.329 e. The van der Waals surface area contributed by atoms with Gasteiger partial charge in [-0.15, -0.1) is 0 Å². The monoisotopic (exact) mass is 347 g/mol. The number of carbonyl (C=O) groups is 2. The lowest BCUT2D eigenvalue weighted by atomic mass is 10.2. The van der Waals surface area contributed by atoms with Crippen LogP contribution < -0.4 is 5.32 Å². The molecule has 0 aliphatic heterocycles. The molecule has 1 N–H and O–H groups in total. The summed E-state index contributed by atoms with van der Waals surface area (Å²) in [5.74, 6) is -0.815. The summed E-state index contributed by atoms with van der Waals surface area (Å²) in [7, 11) is 0. The maximum absolute atomic E-state index is 12.8. The molecule has 0 bridgehead atoms. The fourth-order valence-corrected chi connectivity index (χ4v) is 2.43. The standard InChI is InChI=1S/C14H19F2N3O3S/c1-2-22-14(21)10(7-23)17-12(20)6-19-11(8-3-4-8)5-9(18-19)13(15)16/h5,8,10,13,23H,2-4,6-7H2,1H3,(H,17,20)/t10-/m0/s1. The third-order valence-electron chi connectivity index (χ3n) is 3.43. The zero-order valence-electron chi connectivity index (χ0n) is 12.7. The molecule has 128 valence electrons. The molecule has 1 fully saturated rings. The molecule has 0 unspecified atom stereocenters. The van der Waals surface area contributed by atoms with E-state index in [0.29, 0.717) is 5.69 Å². The minimum Gasteiger partial charge on any atom is -0.464 e. The van der Waals surface area contributed by atoms with Gasteiger partial charge in [0.1, 0.15) is 18.3 Å². The molecule has 1 aromatic rings. The zero-order chi connectivity index (χ0) is 17.0. The molecular weight excluding hydrogens is 328 g/mol. The van der Waals surface area contributed by atoms with E-state index in [4.69, 9.17) is 4.74 Å². The predicted molar refractivity (Wildman–Crippen MR) is 81.6 cm³/mol. The van der Waals surface area contributed by atoms with Gasteiger partial charge in [0.05, 0.1) is 6.61 Å². The highest BCUT2D eigenvalue weighted by molar-refractivity contribution is 7.80. The number of carbonyl (C=O) groups excluding carboxylic acids is 2. The van der Waals surface area contributed by atoms with E-state index in [0.717, 1.165) is 12.8 Å². The van der Waals surface area contributed by atoms with Gasteiger partial charge in [0.15, 0.2) is 0 Å². The van der Waals surface area contributed by atoms with E-state index >= 15 is 0 Å². The molecule has 1 saturated carbocycles. The first-order valence-corrected chi connectivity index (χ1v) is 8.02. The molecule has 1 aliphatic rings. The van der Waals surface area contributed by atoms with E-state index in [1.807, 2.05) is 0 Å². The van der Waals surface area contributed by atoms with Crippen molar-refractivity contribution in [3.05, 3.63) is 17.5 Å². The topological polar surface area (TPSA) is 73.2 Å². The number of nitrogens with zero attached hydrogens (tertiary/aromatic N) is 2. The number of hydrogen-bond acceptors (Lipinski definition) is 5. The van der Waals surface area contributed by atoms with E-state index < -0.39 is 24.3 Å². The Hall–Kier alpha value is -1.64. The number of thiol groups is 1. The van der Waals surface area contributed by atoms with E-state index in [2.05, 4.69) is 23.0 Å². The van der Waals surface area contributed by atoms with Gasteiger partial charge in [0.25, 0.3) is 6.43 Å². The van der Waals surface area contributed by atoms with Crippen LogP contribution in [0.5, 0.6) is 0 Å². The molecule has 0 aromatic carbocycles. The predicted octanol–water partition coefficient (Wildman–Crippen LogP) is 1.68. The molecule has 1 aromatic heterocycles. The van der Waals surface area contributed by atoms with E-state index in [9.17, 15) is 18.4 Å². The van der Waals surface area contributed by atoms with Crippen LogP contribution in [0, 0.1) is 0 Å². The maximum Gasteiger partial charge on any atom is 0.329 e. The summed E-state index contributed by atoms with van der Waals surface area (Å²) in [4.78, 5) is 23.7. The van der Waals surface area contributed by atoms with Crippen molar-refractivity contribution in [2.24, 2.45) is 0 Å². The van der Waals surface area contributed by atoms with Crippen LogP contribution in [0.25, 0.3) is 0 Å². The summed E-state index contributed by atoms with van der Waals surface area (Å²) in [6.07, 6.45) is -0.877. The van der Waals surface area contributed by atoms with Crippen LogP contribution in [0.4, 0.5) is 8.78 Å². The van der Waals surface area contributed by atoms with Gasteiger partial charge in [-0.3, -0.25) is 9.48 Å². The van der Waals surface area contributed by atoms with Crippen LogP contribution in [0.2, 0.25) is 0 Å². The molecule has 1 aliphatic carbocycles. The summed E-state index contributed by atoms with van der Waals surface area (Å²) in [6.45, 7) is 1.64. The molecule has 2 rings (SSSR count). The minimum absolute atomic E-state index is 0.0848. The lowest BCUT2D eigenvalue weighted by Gasteiger charge is -2.15. The summed E-state index contributed by atoms with van der Waals surface area (Å²) in [5.41, 5.74) is 0.296. The molecule has 6 nitrogen and oxygen atoms in total. The Bertz CT molecular complexity index is 576. The maximum atomic E-state index is 12.8. The fraction of sp³-hybridized carbons (Fsp3) is 0.643. The molecule has 0 saturated heterocycles. The van der Waals surface area contributed by atoms with Crippen molar-refractivity contribution < 1.29 is 23.1 Å². The molecule has 9 heteroatoms. The van der Waals surface area contributed by atoms with Crippen molar-refractivity contribution in [2.45, 2.75) is 44.7 Å². The second-order valence-electron chi connectivity index (χ2n) is 5.28. The minimum atomic E-state index is -2.68.